The fourth-order valence-electron chi connectivity index (χ4n) is 3.77. The number of aryl methyl sites for hydroxylation is 2. The summed E-state index contributed by atoms with van der Waals surface area (Å²) < 4.78 is 11.6. The first-order chi connectivity index (χ1) is 12.2. The molecule has 138 valence electrons. The Balaban J connectivity index is 1.35. The minimum absolute atomic E-state index is 0.0569. The van der Waals surface area contributed by atoms with Gasteiger partial charge in [-0.1, -0.05) is 18.9 Å². The Morgan fingerprint density at radius 3 is 2.72 bits per heavy atom. The molecule has 2 aliphatic carbocycles. The molecule has 1 aromatic carbocycles. The molecule has 0 unspecified atom stereocenters. The normalized spacial score (nSPS) is 18.6. The standard InChI is InChI=1S/C21H31NO3/c1-16(21(23)22-13-6-14-24-19-9-4-5-10-19)25-20-12-11-17-7-2-3-8-18(17)15-20/h11-12,15-16,19H,2-10,13-14H2,1H3,(H,22,23)/t16-/m0/s1. The Kier molecular flexibility index (Phi) is 6.74. The maximum atomic E-state index is 12.2. The number of carbonyl (C=O) groups is 1. The Morgan fingerprint density at radius 2 is 1.92 bits per heavy atom. The number of hydrogen-bond donors (Lipinski definition) is 1. The van der Waals surface area contributed by atoms with Crippen LogP contribution >= 0.6 is 0 Å². The first kappa shape index (κ1) is 18.2. The minimum Gasteiger partial charge on any atom is -0.481 e. The van der Waals surface area contributed by atoms with Crippen LogP contribution in [0.4, 0.5) is 0 Å². The van der Waals surface area contributed by atoms with Gasteiger partial charge in [-0.2, -0.15) is 0 Å². The van der Waals surface area contributed by atoms with E-state index in [0.717, 1.165) is 31.6 Å². The predicted molar refractivity (Wildman–Crippen MR) is 99.0 cm³/mol. The second-order valence-electron chi connectivity index (χ2n) is 7.32. The van der Waals surface area contributed by atoms with Gasteiger partial charge in [0.2, 0.25) is 0 Å². The van der Waals surface area contributed by atoms with Crippen LogP contribution in [-0.2, 0) is 22.4 Å². The van der Waals surface area contributed by atoms with Gasteiger partial charge in [0, 0.05) is 13.2 Å². The van der Waals surface area contributed by atoms with E-state index in [1.807, 2.05) is 13.0 Å². The number of carbonyl (C=O) groups excluding carboxylic acids is 1. The summed E-state index contributed by atoms with van der Waals surface area (Å²) in [7, 11) is 0. The molecule has 1 atom stereocenters. The van der Waals surface area contributed by atoms with Crippen LogP contribution in [0.25, 0.3) is 0 Å². The molecule has 0 aromatic heterocycles. The van der Waals surface area contributed by atoms with E-state index in [1.165, 1.54) is 49.7 Å². The Morgan fingerprint density at radius 1 is 1.16 bits per heavy atom. The second kappa shape index (κ2) is 9.23. The molecule has 0 aliphatic heterocycles. The highest BCUT2D eigenvalue weighted by molar-refractivity contribution is 5.80. The lowest BCUT2D eigenvalue weighted by Gasteiger charge is -2.19. The van der Waals surface area contributed by atoms with Crippen LogP contribution in [0.3, 0.4) is 0 Å². The fourth-order valence-corrected chi connectivity index (χ4v) is 3.77. The monoisotopic (exact) mass is 345 g/mol. The molecule has 1 N–H and O–H groups in total. The quantitative estimate of drug-likeness (QED) is 0.729. The number of ether oxygens (including phenoxy) is 2. The summed E-state index contributed by atoms with van der Waals surface area (Å²) in [5.41, 5.74) is 2.80. The van der Waals surface area contributed by atoms with Crippen LogP contribution in [0.1, 0.15) is 63.0 Å². The third-order valence-corrected chi connectivity index (χ3v) is 5.28. The SMILES string of the molecule is C[C@H](Oc1ccc2c(c1)CCCC2)C(=O)NCCCOC1CCCC1. The van der Waals surface area contributed by atoms with Crippen molar-refractivity contribution in [2.75, 3.05) is 13.2 Å². The lowest BCUT2D eigenvalue weighted by molar-refractivity contribution is -0.127. The molecule has 1 fully saturated rings. The summed E-state index contributed by atoms with van der Waals surface area (Å²) in [5.74, 6) is 0.742. The van der Waals surface area contributed by atoms with E-state index in [4.69, 9.17) is 9.47 Å². The predicted octanol–water partition coefficient (Wildman–Crippen LogP) is 3.80. The van der Waals surface area contributed by atoms with Gasteiger partial charge >= 0.3 is 0 Å². The summed E-state index contributed by atoms with van der Waals surface area (Å²) in [6.45, 7) is 3.18. The van der Waals surface area contributed by atoms with Crippen LogP contribution in [0, 0.1) is 0 Å². The summed E-state index contributed by atoms with van der Waals surface area (Å²) in [4.78, 5) is 12.2. The average Bonchev–Trinajstić information content (AvgIpc) is 3.14. The molecule has 2 aliphatic rings. The van der Waals surface area contributed by atoms with Gasteiger partial charge in [-0.15, -0.1) is 0 Å². The molecule has 0 heterocycles. The Hall–Kier alpha value is -1.55. The highest BCUT2D eigenvalue weighted by atomic mass is 16.5. The van der Waals surface area contributed by atoms with E-state index >= 15 is 0 Å². The molecule has 4 nitrogen and oxygen atoms in total. The van der Waals surface area contributed by atoms with Gasteiger partial charge in [-0.25, -0.2) is 0 Å². The average molecular weight is 345 g/mol. The molecular formula is C21H31NO3. The maximum Gasteiger partial charge on any atom is 0.260 e. The van der Waals surface area contributed by atoms with Crippen LogP contribution in [0.15, 0.2) is 18.2 Å². The second-order valence-corrected chi connectivity index (χ2v) is 7.32. The summed E-state index contributed by atoms with van der Waals surface area (Å²) in [6.07, 6.45) is 10.6. The fraction of sp³-hybridized carbons (Fsp3) is 0.667. The van der Waals surface area contributed by atoms with E-state index in [2.05, 4.69) is 17.4 Å². The van der Waals surface area contributed by atoms with Crippen LogP contribution in [0.2, 0.25) is 0 Å². The molecule has 3 rings (SSSR count). The first-order valence-corrected chi connectivity index (χ1v) is 9.90. The van der Waals surface area contributed by atoms with Crippen LogP contribution in [0.5, 0.6) is 5.75 Å². The van der Waals surface area contributed by atoms with Gasteiger partial charge in [-0.05, 0) is 75.1 Å². The van der Waals surface area contributed by atoms with Crippen molar-refractivity contribution in [2.24, 2.45) is 0 Å². The molecule has 1 saturated carbocycles. The number of rotatable bonds is 8. The maximum absolute atomic E-state index is 12.2. The molecule has 1 aromatic rings. The van der Waals surface area contributed by atoms with E-state index in [1.54, 1.807) is 0 Å². The number of benzene rings is 1. The third-order valence-electron chi connectivity index (χ3n) is 5.28. The first-order valence-electron chi connectivity index (χ1n) is 9.90. The Bertz CT molecular complexity index is 566. The summed E-state index contributed by atoms with van der Waals surface area (Å²) in [5, 5.41) is 2.95. The van der Waals surface area contributed by atoms with Gasteiger partial charge in [0.15, 0.2) is 6.10 Å². The minimum atomic E-state index is -0.475. The zero-order valence-corrected chi connectivity index (χ0v) is 15.4. The zero-order valence-electron chi connectivity index (χ0n) is 15.4. The molecular weight excluding hydrogens is 314 g/mol. The van der Waals surface area contributed by atoms with Crippen molar-refractivity contribution in [3.8, 4) is 5.75 Å². The summed E-state index contributed by atoms with van der Waals surface area (Å²) >= 11 is 0. The highest BCUT2D eigenvalue weighted by Crippen LogP contribution is 2.26. The molecule has 0 spiro atoms. The Labute approximate surface area is 151 Å². The van der Waals surface area contributed by atoms with Gasteiger partial charge in [0.1, 0.15) is 5.75 Å². The van der Waals surface area contributed by atoms with Crippen molar-refractivity contribution in [2.45, 2.75) is 76.9 Å². The van der Waals surface area contributed by atoms with E-state index < -0.39 is 6.10 Å². The van der Waals surface area contributed by atoms with E-state index in [9.17, 15) is 4.79 Å². The third kappa shape index (κ3) is 5.46. The molecule has 0 radical (unpaired) electrons. The van der Waals surface area contributed by atoms with Crippen molar-refractivity contribution >= 4 is 5.91 Å². The zero-order chi connectivity index (χ0) is 17.5. The number of fused-ring (bicyclic) bond motifs is 1. The molecule has 0 bridgehead atoms. The lowest BCUT2D eigenvalue weighted by atomic mass is 9.92. The molecule has 1 amide bonds. The number of nitrogens with one attached hydrogen (secondary N) is 1. The number of amides is 1. The van der Waals surface area contributed by atoms with Gasteiger partial charge in [0.05, 0.1) is 6.10 Å². The van der Waals surface area contributed by atoms with E-state index in [0.29, 0.717) is 12.6 Å². The highest BCUT2D eigenvalue weighted by Gasteiger charge is 2.17. The molecule has 4 heteroatoms. The van der Waals surface area contributed by atoms with Gasteiger partial charge in [0.25, 0.3) is 5.91 Å². The van der Waals surface area contributed by atoms with Crippen LogP contribution < -0.4 is 10.1 Å². The smallest absolute Gasteiger partial charge is 0.260 e. The van der Waals surface area contributed by atoms with Gasteiger partial charge in [-0.3, -0.25) is 4.79 Å². The topological polar surface area (TPSA) is 47.6 Å². The lowest BCUT2D eigenvalue weighted by Crippen LogP contribution is -2.37. The van der Waals surface area contributed by atoms with Crippen molar-refractivity contribution in [3.63, 3.8) is 0 Å². The summed E-state index contributed by atoms with van der Waals surface area (Å²) in [6, 6.07) is 6.24. The van der Waals surface area contributed by atoms with Gasteiger partial charge < -0.3 is 14.8 Å². The van der Waals surface area contributed by atoms with Crippen molar-refractivity contribution in [3.05, 3.63) is 29.3 Å². The van der Waals surface area contributed by atoms with Crippen molar-refractivity contribution < 1.29 is 14.3 Å². The molecule has 25 heavy (non-hydrogen) atoms. The largest absolute Gasteiger partial charge is 0.481 e. The van der Waals surface area contributed by atoms with Crippen molar-refractivity contribution in [1.82, 2.24) is 5.32 Å². The van der Waals surface area contributed by atoms with Crippen molar-refractivity contribution in [1.29, 1.82) is 0 Å². The molecule has 0 saturated heterocycles. The number of hydrogen-bond acceptors (Lipinski definition) is 3. The van der Waals surface area contributed by atoms with E-state index in [-0.39, 0.29) is 5.91 Å². The van der Waals surface area contributed by atoms with Crippen LogP contribution in [-0.4, -0.2) is 31.3 Å².